The molecule has 1 amide bonds. The van der Waals surface area contributed by atoms with Gasteiger partial charge < -0.3 is 4.90 Å². The average molecular weight is 199 g/mol. The van der Waals surface area contributed by atoms with E-state index in [-0.39, 0.29) is 5.91 Å². The summed E-state index contributed by atoms with van der Waals surface area (Å²) in [5, 5.41) is 0.407. The van der Waals surface area contributed by atoms with E-state index in [1.807, 2.05) is 17.2 Å². The summed E-state index contributed by atoms with van der Waals surface area (Å²) < 4.78 is 1.24. The van der Waals surface area contributed by atoms with Gasteiger partial charge in [-0.2, -0.15) is 0 Å². The number of carbonyl (C=O) groups excluding carboxylic acids is 1. The molecular formula is C8H9NOS2. The van der Waals surface area contributed by atoms with E-state index in [0.29, 0.717) is 11.8 Å². The number of β-lactam (4-membered cyclic amide) rings is 1. The lowest BCUT2D eigenvalue weighted by molar-refractivity contribution is -0.137. The van der Waals surface area contributed by atoms with E-state index in [0.717, 1.165) is 5.75 Å². The Labute approximate surface area is 80.1 Å². The number of fused-ring (bicyclic) bond motifs is 1. The third-order valence-electron chi connectivity index (χ3n) is 1.79. The van der Waals surface area contributed by atoms with Gasteiger partial charge in [0.2, 0.25) is 5.91 Å². The Balaban J connectivity index is 1.93. The maximum Gasteiger partial charge on any atom is 0.230 e. The molecule has 0 aromatic heterocycles. The first kappa shape index (κ1) is 8.26. The van der Waals surface area contributed by atoms with E-state index in [4.69, 9.17) is 0 Å². The standard InChI is InChI=1S/C8H9NOS2/c1-2-3-11-8-5-9-6(10)4-7(9)12-8/h2,5,7H,1,3-4H2/t7-/m0/s1. The highest BCUT2D eigenvalue weighted by Gasteiger charge is 2.40. The van der Waals surface area contributed by atoms with Gasteiger partial charge in [0.25, 0.3) is 0 Å². The predicted octanol–water partition coefficient (Wildman–Crippen LogP) is 2.01. The Hall–Kier alpha value is -0.350. The van der Waals surface area contributed by atoms with Crippen LogP contribution in [0, 0.1) is 0 Å². The molecular weight excluding hydrogens is 190 g/mol. The Morgan fingerprint density at radius 2 is 2.75 bits per heavy atom. The quantitative estimate of drug-likeness (QED) is 0.512. The highest BCUT2D eigenvalue weighted by Crippen LogP contribution is 2.45. The number of hydrogen-bond acceptors (Lipinski definition) is 3. The fourth-order valence-electron chi connectivity index (χ4n) is 1.15. The molecule has 12 heavy (non-hydrogen) atoms. The zero-order valence-corrected chi connectivity index (χ0v) is 8.16. The van der Waals surface area contributed by atoms with Crippen molar-refractivity contribution in [1.82, 2.24) is 4.90 Å². The SMILES string of the molecule is C=CCSC1=CN2C(=O)C[C@@H]2S1. The fraction of sp³-hybridized carbons (Fsp3) is 0.375. The lowest BCUT2D eigenvalue weighted by Gasteiger charge is -2.31. The van der Waals surface area contributed by atoms with Crippen LogP contribution >= 0.6 is 23.5 Å². The van der Waals surface area contributed by atoms with Gasteiger partial charge in [-0.05, 0) is 0 Å². The van der Waals surface area contributed by atoms with Crippen molar-refractivity contribution in [1.29, 1.82) is 0 Å². The van der Waals surface area contributed by atoms with Gasteiger partial charge in [-0.3, -0.25) is 4.79 Å². The highest BCUT2D eigenvalue weighted by molar-refractivity contribution is 8.22. The number of rotatable bonds is 3. The molecule has 0 saturated carbocycles. The third-order valence-corrected chi connectivity index (χ3v) is 4.23. The molecule has 2 nitrogen and oxygen atoms in total. The molecule has 0 N–H and O–H groups in total. The van der Waals surface area contributed by atoms with Crippen molar-refractivity contribution >= 4 is 29.4 Å². The van der Waals surface area contributed by atoms with E-state index in [1.54, 1.807) is 23.5 Å². The summed E-state index contributed by atoms with van der Waals surface area (Å²) in [4.78, 5) is 12.8. The van der Waals surface area contributed by atoms with Gasteiger partial charge in [0.1, 0.15) is 0 Å². The van der Waals surface area contributed by atoms with Gasteiger partial charge in [0, 0.05) is 12.0 Å². The maximum absolute atomic E-state index is 11.0. The van der Waals surface area contributed by atoms with Crippen molar-refractivity contribution in [2.45, 2.75) is 11.8 Å². The molecule has 0 bridgehead atoms. The summed E-state index contributed by atoms with van der Waals surface area (Å²) in [6, 6.07) is 0. The first-order valence-corrected chi connectivity index (χ1v) is 5.61. The number of hydrogen-bond donors (Lipinski definition) is 0. The minimum atomic E-state index is 0.252. The van der Waals surface area contributed by atoms with E-state index in [2.05, 4.69) is 6.58 Å². The second-order valence-corrected chi connectivity index (χ2v) is 5.17. The van der Waals surface area contributed by atoms with Crippen LogP contribution in [0.1, 0.15) is 6.42 Å². The van der Waals surface area contributed by atoms with Crippen LogP contribution in [0.15, 0.2) is 23.1 Å². The molecule has 0 aromatic rings. The molecule has 1 atom stereocenters. The van der Waals surface area contributed by atoms with Crippen molar-refractivity contribution in [3.05, 3.63) is 23.1 Å². The van der Waals surface area contributed by atoms with Gasteiger partial charge in [-0.15, -0.1) is 18.3 Å². The largest absolute Gasteiger partial charge is 0.304 e. The molecule has 4 heteroatoms. The van der Waals surface area contributed by atoms with Crippen LogP contribution in [-0.2, 0) is 4.79 Å². The van der Waals surface area contributed by atoms with Gasteiger partial charge >= 0.3 is 0 Å². The van der Waals surface area contributed by atoms with Gasteiger partial charge in [0.15, 0.2) is 0 Å². The molecule has 0 radical (unpaired) electrons. The van der Waals surface area contributed by atoms with Crippen LogP contribution in [0.5, 0.6) is 0 Å². The average Bonchev–Trinajstić information content (AvgIpc) is 2.39. The molecule has 2 heterocycles. The fourth-order valence-corrected chi connectivity index (χ4v) is 3.39. The third kappa shape index (κ3) is 1.29. The van der Waals surface area contributed by atoms with Crippen molar-refractivity contribution in [3.63, 3.8) is 0 Å². The molecule has 64 valence electrons. The van der Waals surface area contributed by atoms with Crippen LogP contribution in [0.4, 0.5) is 0 Å². The molecule has 2 aliphatic rings. The summed E-state index contributed by atoms with van der Waals surface area (Å²) in [6.07, 6.45) is 4.54. The lowest BCUT2D eigenvalue weighted by Crippen LogP contribution is -2.44. The monoisotopic (exact) mass is 199 g/mol. The Kier molecular flexibility index (Phi) is 2.19. The van der Waals surface area contributed by atoms with E-state index >= 15 is 0 Å². The van der Waals surface area contributed by atoms with Gasteiger partial charge in [0.05, 0.1) is 16.0 Å². The summed E-state index contributed by atoms with van der Waals surface area (Å²) >= 11 is 3.53. The van der Waals surface area contributed by atoms with Crippen LogP contribution in [0.2, 0.25) is 0 Å². The van der Waals surface area contributed by atoms with Crippen molar-refractivity contribution in [3.8, 4) is 0 Å². The van der Waals surface area contributed by atoms with E-state index in [9.17, 15) is 4.79 Å². The van der Waals surface area contributed by atoms with Crippen molar-refractivity contribution in [2.75, 3.05) is 5.75 Å². The number of thioether (sulfide) groups is 2. The molecule has 1 saturated heterocycles. The minimum Gasteiger partial charge on any atom is -0.304 e. The predicted molar refractivity (Wildman–Crippen MR) is 53.6 cm³/mol. The molecule has 2 aliphatic heterocycles. The Bertz CT molecular complexity index is 262. The minimum absolute atomic E-state index is 0.252. The second-order valence-electron chi connectivity index (χ2n) is 2.63. The molecule has 2 rings (SSSR count). The van der Waals surface area contributed by atoms with Crippen LogP contribution in [0.25, 0.3) is 0 Å². The number of carbonyl (C=O) groups is 1. The van der Waals surface area contributed by atoms with Crippen LogP contribution in [0.3, 0.4) is 0 Å². The van der Waals surface area contributed by atoms with E-state index in [1.165, 1.54) is 4.24 Å². The van der Waals surface area contributed by atoms with Gasteiger partial charge in [-0.1, -0.05) is 17.8 Å². The smallest absolute Gasteiger partial charge is 0.230 e. The molecule has 1 fully saturated rings. The van der Waals surface area contributed by atoms with Gasteiger partial charge in [-0.25, -0.2) is 0 Å². The highest BCUT2D eigenvalue weighted by atomic mass is 32.2. The molecule has 0 aliphatic carbocycles. The molecule has 0 aromatic carbocycles. The Morgan fingerprint density at radius 1 is 1.92 bits per heavy atom. The van der Waals surface area contributed by atoms with Crippen molar-refractivity contribution < 1.29 is 4.79 Å². The maximum atomic E-state index is 11.0. The number of amides is 1. The molecule has 0 unspecified atom stereocenters. The van der Waals surface area contributed by atoms with Crippen molar-refractivity contribution in [2.24, 2.45) is 0 Å². The molecule has 0 spiro atoms. The first-order valence-electron chi connectivity index (χ1n) is 3.74. The second kappa shape index (κ2) is 3.18. The van der Waals surface area contributed by atoms with E-state index < -0.39 is 0 Å². The van der Waals surface area contributed by atoms with Crippen LogP contribution < -0.4 is 0 Å². The summed E-state index contributed by atoms with van der Waals surface area (Å²) in [5.41, 5.74) is 0. The summed E-state index contributed by atoms with van der Waals surface area (Å²) in [6.45, 7) is 3.65. The zero-order chi connectivity index (χ0) is 8.55. The Morgan fingerprint density at radius 3 is 3.33 bits per heavy atom. The topological polar surface area (TPSA) is 20.3 Å². The number of nitrogens with zero attached hydrogens (tertiary/aromatic N) is 1. The zero-order valence-electron chi connectivity index (χ0n) is 6.53. The normalized spacial score (nSPS) is 26.3. The summed E-state index contributed by atoms with van der Waals surface area (Å²) in [7, 11) is 0. The lowest BCUT2D eigenvalue weighted by atomic mass is 10.2. The summed E-state index contributed by atoms with van der Waals surface area (Å²) in [5.74, 6) is 1.18. The first-order chi connectivity index (χ1) is 5.81. The van der Waals surface area contributed by atoms with Crippen LogP contribution in [-0.4, -0.2) is 21.9 Å².